The lowest BCUT2D eigenvalue weighted by molar-refractivity contribution is -0.384. The van der Waals surface area contributed by atoms with Crippen LogP contribution in [-0.2, 0) is 17.9 Å². The van der Waals surface area contributed by atoms with E-state index in [9.17, 15) is 14.9 Å². The number of rotatable bonds is 9. The second-order valence-corrected chi connectivity index (χ2v) is 9.41. The molecule has 1 aliphatic heterocycles. The van der Waals surface area contributed by atoms with Gasteiger partial charge >= 0.3 is 0 Å². The van der Waals surface area contributed by atoms with Crippen molar-refractivity contribution in [3.63, 3.8) is 0 Å². The molecule has 0 radical (unpaired) electrons. The van der Waals surface area contributed by atoms with Gasteiger partial charge in [-0.05, 0) is 70.9 Å². The van der Waals surface area contributed by atoms with E-state index in [1.54, 1.807) is 42.8 Å². The van der Waals surface area contributed by atoms with Crippen LogP contribution in [-0.4, -0.2) is 27.1 Å². The molecule has 2 heterocycles. The van der Waals surface area contributed by atoms with Crippen LogP contribution in [0.15, 0.2) is 117 Å². The standard InChI is InChI=1S/C29H22N4O5S/c34-28-27(17-21-11-13-24(14-12-21)33(35)36)39-29(32(28)19-26-10-5-15-37-26)31-30-18-23-8-4-9-25(16-23)38-20-22-6-2-1-3-7-22/h1-18H,19-20H2/b27-17-,30-18+,31-29-. The van der Waals surface area contributed by atoms with Gasteiger partial charge in [0.05, 0.1) is 28.9 Å². The Labute approximate surface area is 228 Å². The third-order valence-electron chi connectivity index (χ3n) is 5.64. The van der Waals surface area contributed by atoms with Crippen LogP contribution in [0.5, 0.6) is 5.75 Å². The second-order valence-electron chi connectivity index (χ2n) is 8.40. The van der Waals surface area contributed by atoms with Gasteiger partial charge in [0.25, 0.3) is 11.6 Å². The first-order chi connectivity index (χ1) is 19.0. The number of non-ortho nitro benzene ring substituents is 1. The summed E-state index contributed by atoms with van der Waals surface area (Å²) in [6.07, 6.45) is 4.81. The van der Waals surface area contributed by atoms with Crippen molar-refractivity contribution in [1.29, 1.82) is 0 Å². The first kappa shape index (κ1) is 25.7. The minimum absolute atomic E-state index is 0.0203. The number of thioether (sulfide) groups is 1. The molecule has 0 unspecified atom stereocenters. The number of ether oxygens (including phenoxy) is 1. The topological polar surface area (TPSA) is 111 Å². The van der Waals surface area contributed by atoms with Crippen molar-refractivity contribution in [3.8, 4) is 5.75 Å². The van der Waals surface area contributed by atoms with Crippen LogP contribution in [0.2, 0.25) is 0 Å². The average molecular weight is 539 g/mol. The third kappa shape index (κ3) is 6.68. The number of benzene rings is 3. The number of carbonyl (C=O) groups excluding carboxylic acids is 1. The Bertz CT molecular complexity index is 1550. The van der Waals surface area contributed by atoms with Crippen molar-refractivity contribution in [3.05, 3.63) is 135 Å². The van der Waals surface area contributed by atoms with Crippen molar-refractivity contribution < 1.29 is 18.9 Å². The van der Waals surface area contributed by atoms with Crippen LogP contribution in [0.1, 0.15) is 22.5 Å². The number of hydrogen-bond donors (Lipinski definition) is 0. The summed E-state index contributed by atoms with van der Waals surface area (Å²) in [5, 5.41) is 19.9. The lowest BCUT2D eigenvalue weighted by atomic mass is 10.2. The summed E-state index contributed by atoms with van der Waals surface area (Å²) in [7, 11) is 0. The van der Waals surface area contributed by atoms with E-state index in [0.717, 1.165) is 11.1 Å². The number of nitro groups is 1. The zero-order valence-electron chi connectivity index (χ0n) is 20.5. The van der Waals surface area contributed by atoms with Gasteiger partial charge in [0.15, 0.2) is 5.17 Å². The van der Waals surface area contributed by atoms with Crippen molar-refractivity contribution in [2.75, 3.05) is 0 Å². The van der Waals surface area contributed by atoms with Crippen LogP contribution < -0.4 is 4.74 Å². The molecule has 5 rings (SSSR count). The molecule has 0 saturated carbocycles. The number of nitro benzene ring substituents is 1. The van der Waals surface area contributed by atoms with E-state index in [-0.39, 0.29) is 18.1 Å². The number of amidine groups is 1. The van der Waals surface area contributed by atoms with E-state index in [2.05, 4.69) is 10.2 Å². The first-order valence-corrected chi connectivity index (χ1v) is 12.7. The van der Waals surface area contributed by atoms with E-state index < -0.39 is 4.92 Å². The minimum atomic E-state index is -0.467. The maximum Gasteiger partial charge on any atom is 0.269 e. The maximum atomic E-state index is 13.2. The lowest BCUT2D eigenvalue weighted by Crippen LogP contribution is -2.28. The molecule has 1 fully saturated rings. The molecule has 0 N–H and O–H groups in total. The van der Waals surface area contributed by atoms with Gasteiger partial charge in [0, 0.05) is 12.1 Å². The summed E-state index contributed by atoms with van der Waals surface area (Å²) in [4.78, 5) is 25.6. The van der Waals surface area contributed by atoms with E-state index in [0.29, 0.717) is 33.8 Å². The predicted octanol–water partition coefficient (Wildman–Crippen LogP) is 6.27. The van der Waals surface area contributed by atoms with Gasteiger partial charge in [0.1, 0.15) is 18.1 Å². The highest BCUT2D eigenvalue weighted by molar-refractivity contribution is 8.18. The molecule has 4 aromatic rings. The number of amides is 1. The van der Waals surface area contributed by atoms with Crippen molar-refractivity contribution >= 4 is 40.8 Å². The maximum absolute atomic E-state index is 13.2. The van der Waals surface area contributed by atoms with Gasteiger partial charge in [0.2, 0.25) is 0 Å². The third-order valence-corrected chi connectivity index (χ3v) is 6.64. The smallest absolute Gasteiger partial charge is 0.269 e. The van der Waals surface area contributed by atoms with Crippen LogP contribution in [0, 0.1) is 10.1 Å². The summed E-state index contributed by atoms with van der Waals surface area (Å²) in [6.45, 7) is 0.641. The zero-order valence-corrected chi connectivity index (χ0v) is 21.4. The van der Waals surface area contributed by atoms with E-state index in [1.165, 1.54) is 28.8 Å². The Morgan fingerprint density at radius 1 is 0.974 bits per heavy atom. The molecule has 0 aliphatic carbocycles. The molecule has 1 amide bonds. The van der Waals surface area contributed by atoms with Gasteiger partial charge in [-0.2, -0.15) is 5.10 Å². The highest BCUT2D eigenvalue weighted by Crippen LogP contribution is 2.34. The Kier molecular flexibility index (Phi) is 7.94. The summed E-state index contributed by atoms with van der Waals surface area (Å²) >= 11 is 1.17. The van der Waals surface area contributed by atoms with Crippen LogP contribution in [0.4, 0.5) is 5.69 Å². The lowest BCUT2D eigenvalue weighted by Gasteiger charge is -2.12. The summed E-state index contributed by atoms with van der Waals surface area (Å²) in [5.41, 5.74) is 2.50. The molecule has 39 heavy (non-hydrogen) atoms. The molecule has 194 valence electrons. The highest BCUT2D eigenvalue weighted by Gasteiger charge is 2.34. The Balaban J connectivity index is 1.33. The molecule has 10 heteroatoms. The zero-order chi connectivity index (χ0) is 27.0. The molecular formula is C29H22N4O5S. The summed E-state index contributed by atoms with van der Waals surface area (Å²) < 4.78 is 11.3. The van der Waals surface area contributed by atoms with E-state index >= 15 is 0 Å². The number of carbonyl (C=O) groups is 1. The van der Waals surface area contributed by atoms with Gasteiger partial charge in [-0.25, -0.2) is 0 Å². The van der Waals surface area contributed by atoms with Crippen LogP contribution in [0.25, 0.3) is 6.08 Å². The summed E-state index contributed by atoms with van der Waals surface area (Å²) in [6, 6.07) is 26.9. The van der Waals surface area contributed by atoms with Gasteiger partial charge in [-0.3, -0.25) is 19.8 Å². The van der Waals surface area contributed by atoms with E-state index in [4.69, 9.17) is 9.15 Å². The molecule has 0 bridgehead atoms. The molecule has 3 aromatic carbocycles. The van der Waals surface area contributed by atoms with Crippen molar-refractivity contribution in [1.82, 2.24) is 4.90 Å². The number of nitrogens with zero attached hydrogens (tertiary/aromatic N) is 4. The fourth-order valence-electron chi connectivity index (χ4n) is 3.69. The molecule has 1 aromatic heterocycles. The molecule has 9 nitrogen and oxygen atoms in total. The molecule has 0 atom stereocenters. The summed E-state index contributed by atoms with van der Waals surface area (Å²) in [5.74, 6) is 1.04. The van der Waals surface area contributed by atoms with Crippen LogP contribution >= 0.6 is 11.8 Å². The molecular weight excluding hydrogens is 516 g/mol. The first-order valence-electron chi connectivity index (χ1n) is 11.9. The monoisotopic (exact) mass is 538 g/mol. The fraction of sp³-hybridized carbons (Fsp3) is 0.0690. The predicted molar refractivity (Wildman–Crippen MR) is 150 cm³/mol. The van der Waals surface area contributed by atoms with Crippen molar-refractivity contribution in [2.24, 2.45) is 10.2 Å². The molecule has 1 aliphatic rings. The largest absolute Gasteiger partial charge is 0.489 e. The Morgan fingerprint density at radius 3 is 2.54 bits per heavy atom. The SMILES string of the molecule is O=C1/C(=C/c2ccc([N+](=O)[O-])cc2)S/C(=N\N=C\c2cccc(OCc3ccccc3)c2)N1Cc1ccco1. The second kappa shape index (κ2) is 12.1. The number of hydrogen-bond acceptors (Lipinski definition) is 8. The van der Waals surface area contributed by atoms with E-state index in [1.807, 2.05) is 54.6 Å². The van der Waals surface area contributed by atoms with Gasteiger partial charge < -0.3 is 9.15 Å². The minimum Gasteiger partial charge on any atom is -0.489 e. The Hall–Kier alpha value is -4.96. The number of furan rings is 1. The van der Waals surface area contributed by atoms with Gasteiger partial charge in [-0.1, -0.05) is 42.5 Å². The van der Waals surface area contributed by atoms with Crippen LogP contribution in [0.3, 0.4) is 0 Å². The quantitative estimate of drug-likeness (QED) is 0.107. The average Bonchev–Trinajstić information content (AvgIpc) is 3.57. The van der Waals surface area contributed by atoms with Gasteiger partial charge in [-0.15, -0.1) is 5.10 Å². The normalized spacial score (nSPS) is 15.5. The fourth-order valence-corrected chi connectivity index (χ4v) is 4.63. The molecule has 0 spiro atoms. The molecule has 1 saturated heterocycles. The Morgan fingerprint density at radius 2 is 1.79 bits per heavy atom. The highest BCUT2D eigenvalue weighted by atomic mass is 32.2. The van der Waals surface area contributed by atoms with Crippen molar-refractivity contribution in [2.45, 2.75) is 13.2 Å².